The summed E-state index contributed by atoms with van der Waals surface area (Å²) in [6.45, 7) is 6.20. The van der Waals surface area contributed by atoms with Crippen molar-refractivity contribution in [2.75, 3.05) is 12.4 Å². The maximum Gasteiger partial charge on any atom is 0.180 e. The zero-order chi connectivity index (χ0) is 21.8. The minimum absolute atomic E-state index is 0.000161. The van der Waals surface area contributed by atoms with Gasteiger partial charge in [-0.25, -0.2) is 8.42 Å². The lowest BCUT2D eigenvalue weighted by molar-refractivity contribution is 0.319. The molecule has 0 aliphatic heterocycles. The van der Waals surface area contributed by atoms with Crippen LogP contribution < -0.4 is 0 Å². The van der Waals surface area contributed by atoms with E-state index in [1.807, 2.05) is 36.5 Å². The maximum absolute atomic E-state index is 12.2. The summed E-state index contributed by atoms with van der Waals surface area (Å²) >= 11 is 0. The van der Waals surface area contributed by atoms with Gasteiger partial charge in [-0.3, -0.25) is 4.98 Å². The van der Waals surface area contributed by atoms with E-state index in [4.69, 9.17) is 5.11 Å². The van der Waals surface area contributed by atoms with Crippen LogP contribution in [0.4, 0.5) is 0 Å². The molecule has 4 nitrogen and oxygen atoms in total. The average Bonchev–Trinajstić information content (AvgIpc) is 2.72. The fourth-order valence-electron chi connectivity index (χ4n) is 3.35. The van der Waals surface area contributed by atoms with Gasteiger partial charge in [0.05, 0.1) is 17.3 Å². The van der Waals surface area contributed by atoms with Gasteiger partial charge in [0.2, 0.25) is 0 Å². The number of hydrogen-bond acceptors (Lipinski definition) is 4. The van der Waals surface area contributed by atoms with Gasteiger partial charge in [0.25, 0.3) is 0 Å². The molecular weight excluding hydrogens is 394 g/mol. The lowest BCUT2D eigenvalue weighted by atomic mass is 9.83. The Kier molecular flexibility index (Phi) is 6.74. The van der Waals surface area contributed by atoms with Crippen molar-refractivity contribution in [2.24, 2.45) is 0 Å². The summed E-state index contributed by atoms with van der Waals surface area (Å²) in [6.07, 6.45) is 3.57. The second-order valence-electron chi connectivity index (χ2n) is 8.56. The zero-order valence-corrected chi connectivity index (χ0v) is 18.6. The molecule has 1 N–H and O–H groups in total. The summed E-state index contributed by atoms with van der Waals surface area (Å²) in [5.74, 6) is -0.260. The second-order valence-corrected chi connectivity index (χ2v) is 10.7. The van der Waals surface area contributed by atoms with E-state index in [2.05, 4.69) is 44.0 Å². The van der Waals surface area contributed by atoms with E-state index in [1.165, 1.54) is 11.1 Å². The quantitative estimate of drug-likeness (QED) is 0.603. The fraction of sp³-hybridized carbons (Fsp3) is 0.320. The minimum Gasteiger partial charge on any atom is -0.395 e. The molecule has 30 heavy (non-hydrogen) atoms. The van der Waals surface area contributed by atoms with Crippen LogP contribution in [0.3, 0.4) is 0 Å². The van der Waals surface area contributed by atoms with E-state index in [-0.39, 0.29) is 22.7 Å². The molecule has 0 radical (unpaired) electrons. The number of pyridine rings is 1. The number of nitrogens with zero attached hydrogens (tertiary/aromatic N) is 1. The fourth-order valence-corrected chi connectivity index (χ4v) is 4.37. The molecule has 3 rings (SSSR count). The highest BCUT2D eigenvalue weighted by Crippen LogP contribution is 2.30. The van der Waals surface area contributed by atoms with E-state index in [0.29, 0.717) is 0 Å². The number of aliphatic hydroxyl groups is 1. The highest BCUT2D eigenvalue weighted by molar-refractivity contribution is 7.91. The largest absolute Gasteiger partial charge is 0.395 e. The van der Waals surface area contributed by atoms with Crippen molar-refractivity contribution in [3.05, 3.63) is 83.7 Å². The molecule has 0 saturated heterocycles. The van der Waals surface area contributed by atoms with E-state index >= 15 is 0 Å². The monoisotopic (exact) mass is 423 g/mol. The SMILES string of the molecule is CC(C)(C)c1cc(CCc2ccccn2)cc(-c2ccc(S(=O)(=O)CCO)cc2)c1. The van der Waals surface area contributed by atoms with E-state index in [9.17, 15) is 8.42 Å². The minimum atomic E-state index is -3.45. The van der Waals surface area contributed by atoms with Crippen LogP contribution in [0.1, 0.15) is 37.6 Å². The van der Waals surface area contributed by atoms with Crippen molar-refractivity contribution in [3.63, 3.8) is 0 Å². The molecule has 0 aliphatic rings. The Bertz CT molecular complexity index is 1080. The van der Waals surface area contributed by atoms with Gasteiger partial charge in [0.15, 0.2) is 9.84 Å². The second kappa shape index (κ2) is 9.11. The Morgan fingerprint density at radius 1 is 0.900 bits per heavy atom. The van der Waals surface area contributed by atoms with E-state index in [1.54, 1.807) is 12.1 Å². The molecule has 2 aromatic carbocycles. The van der Waals surface area contributed by atoms with Crippen molar-refractivity contribution < 1.29 is 13.5 Å². The summed E-state index contributed by atoms with van der Waals surface area (Å²) in [7, 11) is -3.45. The highest BCUT2D eigenvalue weighted by atomic mass is 32.2. The van der Waals surface area contributed by atoms with Gasteiger partial charge in [0.1, 0.15) is 0 Å². The first-order valence-electron chi connectivity index (χ1n) is 10.2. The molecule has 158 valence electrons. The first-order valence-corrected chi connectivity index (χ1v) is 11.8. The predicted octanol–water partition coefficient (Wildman–Crippen LogP) is 4.60. The maximum atomic E-state index is 12.2. The van der Waals surface area contributed by atoms with Gasteiger partial charge in [-0.2, -0.15) is 0 Å². The molecule has 0 saturated carbocycles. The molecule has 0 atom stereocenters. The van der Waals surface area contributed by atoms with E-state index in [0.717, 1.165) is 29.7 Å². The van der Waals surface area contributed by atoms with Crippen molar-refractivity contribution >= 4 is 9.84 Å². The summed E-state index contributed by atoms with van der Waals surface area (Å²) in [4.78, 5) is 4.66. The van der Waals surface area contributed by atoms with Crippen molar-refractivity contribution in [1.29, 1.82) is 0 Å². The van der Waals surface area contributed by atoms with Crippen molar-refractivity contribution in [3.8, 4) is 11.1 Å². The number of hydrogen-bond donors (Lipinski definition) is 1. The molecule has 0 bridgehead atoms. The van der Waals surface area contributed by atoms with Gasteiger partial charge in [0, 0.05) is 11.9 Å². The Labute approximate surface area is 179 Å². The third-order valence-corrected chi connectivity index (χ3v) is 6.87. The van der Waals surface area contributed by atoms with Gasteiger partial charge >= 0.3 is 0 Å². The van der Waals surface area contributed by atoms with E-state index < -0.39 is 9.84 Å². The van der Waals surface area contributed by atoms with Gasteiger partial charge in [-0.1, -0.05) is 57.2 Å². The highest BCUT2D eigenvalue weighted by Gasteiger charge is 2.17. The van der Waals surface area contributed by atoms with Gasteiger partial charge in [-0.15, -0.1) is 0 Å². The Morgan fingerprint density at radius 3 is 2.23 bits per heavy atom. The van der Waals surface area contributed by atoms with Crippen LogP contribution in [0.15, 0.2) is 71.8 Å². The number of aromatic nitrogens is 1. The number of aliphatic hydroxyl groups excluding tert-OH is 1. The van der Waals surface area contributed by atoms with Gasteiger partial charge < -0.3 is 5.11 Å². The first-order chi connectivity index (χ1) is 14.2. The normalized spacial score (nSPS) is 12.1. The van der Waals surface area contributed by atoms with Crippen LogP contribution in [0, 0.1) is 0 Å². The Hall–Kier alpha value is -2.50. The Balaban J connectivity index is 1.93. The number of rotatable bonds is 7. The molecule has 1 heterocycles. The number of aryl methyl sites for hydroxylation is 2. The molecule has 0 unspecified atom stereocenters. The van der Waals surface area contributed by atoms with Crippen LogP contribution >= 0.6 is 0 Å². The molecule has 0 fully saturated rings. The van der Waals surface area contributed by atoms with Crippen LogP contribution in [0.25, 0.3) is 11.1 Å². The molecule has 1 aromatic heterocycles. The first kappa shape index (κ1) is 22.2. The molecule has 0 aliphatic carbocycles. The summed E-state index contributed by atoms with van der Waals surface area (Å²) < 4.78 is 24.3. The van der Waals surface area contributed by atoms with Crippen LogP contribution in [-0.4, -0.2) is 30.9 Å². The number of benzene rings is 2. The average molecular weight is 424 g/mol. The third-order valence-electron chi connectivity index (χ3n) is 5.16. The van der Waals surface area contributed by atoms with Gasteiger partial charge in [-0.05, 0) is 64.8 Å². The van der Waals surface area contributed by atoms with Crippen molar-refractivity contribution in [1.82, 2.24) is 4.98 Å². The lowest BCUT2D eigenvalue weighted by Crippen LogP contribution is -2.12. The Morgan fingerprint density at radius 2 is 1.63 bits per heavy atom. The van der Waals surface area contributed by atoms with Crippen molar-refractivity contribution in [2.45, 2.75) is 43.9 Å². The third kappa shape index (κ3) is 5.55. The molecule has 0 amide bonds. The molecular formula is C25H29NO3S. The zero-order valence-electron chi connectivity index (χ0n) is 17.8. The lowest BCUT2D eigenvalue weighted by Gasteiger charge is -2.21. The summed E-state index contributed by atoms with van der Waals surface area (Å²) in [5.41, 5.74) is 5.60. The topological polar surface area (TPSA) is 67.3 Å². The summed E-state index contributed by atoms with van der Waals surface area (Å²) in [6, 6.07) is 19.5. The predicted molar refractivity (Wildman–Crippen MR) is 121 cm³/mol. The molecule has 5 heteroatoms. The summed E-state index contributed by atoms with van der Waals surface area (Å²) in [5, 5.41) is 8.98. The number of sulfone groups is 1. The van der Waals surface area contributed by atoms with Crippen LogP contribution in [-0.2, 0) is 28.1 Å². The molecule has 0 spiro atoms. The standard InChI is InChI=1S/C25H29NO3S/c1-25(2,3)22-17-19(7-10-23-6-4-5-13-26-23)16-21(18-22)20-8-11-24(12-9-20)30(28,29)15-14-27/h4-6,8-9,11-13,16-18,27H,7,10,14-15H2,1-3H3. The van der Waals surface area contributed by atoms with Crippen LogP contribution in [0.5, 0.6) is 0 Å². The smallest absolute Gasteiger partial charge is 0.180 e. The molecule has 3 aromatic rings. The van der Waals surface area contributed by atoms with Crippen LogP contribution in [0.2, 0.25) is 0 Å².